The lowest BCUT2D eigenvalue weighted by atomic mass is 9.84. The lowest BCUT2D eigenvalue weighted by Gasteiger charge is -2.40. The van der Waals surface area contributed by atoms with E-state index >= 15 is 0 Å². The van der Waals surface area contributed by atoms with Crippen LogP contribution in [0.4, 0.5) is 0 Å². The number of methoxy groups -OCH3 is 1. The highest BCUT2D eigenvalue weighted by Crippen LogP contribution is 2.42. The van der Waals surface area contributed by atoms with Gasteiger partial charge < -0.3 is 14.8 Å². The third kappa shape index (κ3) is 3.24. The molecule has 1 unspecified atom stereocenters. The molecule has 0 saturated heterocycles. The third-order valence-electron chi connectivity index (χ3n) is 4.64. The number of hydrogen-bond acceptors (Lipinski definition) is 4. The minimum Gasteiger partial charge on any atom is -0.493 e. The molecule has 120 valence electrons. The maximum Gasteiger partial charge on any atom is 0.161 e. The summed E-state index contributed by atoms with van der Waals surface area (Å²) in [5.74, 6) is 0.833. The largest absolute Gasteiger partial charge is 0.493 e. The second kappa shape index (κ2) is 7.27. The highest BCUT2D eigenvalue weighted by atomic mass is 16.5. The molecule has 1 heterocycles. The van der Waals surface area contributed by atoms with Crippen molar-refractivity contribution >= 4 is 0 Å². The van der Waals surface area contributed by atoms with Crippen LogP contribution < -0.4 is 10.1 Å². The number of nitrogens with zero attached hydrogens (tertiary/aromatic N) is 2. The van der Waals surface area contributed by atoms with Crippen LogP contribution in [-0.2, 0) is 11.8 Å². The zero-order valence-electron chi connectivity index (χ0n) is 13.8. The summed E-state index contributed by atoms with van der Waals surface area (Å²) >= 11 is 0. The molecule has 0 amide bonds. The van der Waals surface area contributed by atoms with Gasteiger partial charge >= 0.3 is 0 Å². The van der Waals surface area contributed by atoms with Crippen LogP contribution in [0.2, 0.25) is 0 Å². The van der Waals surface area contributed by atoms with Crippen molar-refractivity contribution in [3.8, 4) is 5.75 Å². The first-order chi connectivity index (χ1) is 10.2. The van der Waals surface area contributed by atoms with Crippen LogP contribution in [0, 0.1) is 0 Å². The number of aryl methyl sites for hydroxylation is 1. The first-order valence-electron chi connectivity index (χ1n) is 8.05. The van der Waals surface area contributed by atoms with Crippen molar-refractivity contribution < 1.29 is 9.47 Å². The summed E-state index contributed by atoms with van der Waals surface area (Å²) < 4.78 is 13.7. The van der Waals surface area contributed by atoms with Gasteiger partial charge in [-0.05, 0) is 26.8 Å². The van der Waals surface area contributed by atoms with Gasteiger partial charge in [-0.1, -0.05) is 25.7 Å². The molecule has 1 atom stereocenters. The van der Waals surface area contributed by atoms with Crippen LogP contribution in [0.1, 0.15) is 57.2 Å². The number of aromatic nitrogens is 2. The maximum atomic E-state index is 6.32. The minimum atomic E-state index is -0.166. The minimum absolute atomic E-state index is 0.0954. The van der Waals surface area contributed by atoms with Gasteiger partial charge in [-0.15, -0.1) is 0 Å². The molecule has 1 aliphatic carbocycles. The van der Waals surface area contributed by atoms with Crippen LogP contribution in [0.15, 0.2) is 6.20 Å². The summed E-state index contributed by atoms with van der Waals surface area (Å²) in [6, 6.07) is 0.0954. The molecule has 2 rings (SSSR count). The summed E-state index contributed by atoms with van der Waals surface area (Å²) in [7, 11) is 5.68. The van der Waals surface area contributed by atoms with Crippen molar-refractivity contribution in [2.24, 2.45) is 7.05 Å². The summed E-state index contributed by atoms with van der Waals surface area (Å²) in [6.07, 6.45) is 9.00. The van der Waals surface area contributed by atoms with E-state index in [0.29, 0.717) is 0 Å². The van der Waals surface area contributed by atoms with E-state index in [9.17, 15) is 0 Å². The summed E-state index contributed by atoms with van der Waals surface area (Å²) in [5, 5.41) is 7.84. The van der Waals surface area contributed by atoms with Crippen LogP contribution in [0.25, 0.3) is 0 Å². The number of hydrogen-bond donors (Lipinski definition) is 1. The average Bonchev–Trinajstić information content (AvgIpc) is 2.70. The number of rotatable bonds is 6. The molecule has 0 aromatic carbocycles. The van der Waals surface area contributed by atoms with Crippen molar-refractivity contribution in [2.75, 3.05) is 20.8 Å². The zero-order valence-corrected chi connectivity index (χ0v) is 13.8. The zero-order chi connectivity index (χ0) is 15.3. The Hall–Kier alpha value is -1.07. The number of ether oxygens (including phenoxy) is 2. The van der Waals surface area contributed by atoms with Gasteiger partial charge in [-0.3, -0.25) is 4.68 Å². The molecule has 1 N–H and O–H groups in total. The Bertz CT molecular complexity index is 437. The standard InChI is InChI=1S/C16H29N3O2/c1-5-21-16(10-8-6-7-9-11-16)15(17-2)14-13(20-4)12-18-19(14)3/h12,15,17H,5-11H2,1-4H3. The molecule has 5 nitrogen and oxygen atoms in total. The molecule has 1 fully saturated rings. The Kier molecular flexibility index (Phi) is 5.65. The molecule has 0 spiro atoms. The van der Waals surface area contributed by atoms with Crippen molar-refractivity contribution in [1.29, 1.82) is 0 Å². The molecular weight excluding hydrogens is 266 g/mol. The van der Waals surface area contributed by atoms with Crippen LogP contribution in [-0.4, -0.2) is 36.1 Å². The molecule has 0 radical (unpaired) electrons. The molecule has 1 aromatic heterocycles. The molecule has 21 heavy (non-hydrogen) atoms. The Balaban J connectivity index is 2.41. The SMILES string of the molecule is CCOC1(C(NC)c2c(OC)cnn2C)CCCCCC1. The van der Waals surface area contributed by atoms with E-state index in [-0.39, 0.29) is 11.6 Å². The Labute approximate surface area is 128 Å². The molecule has 1 saturated carbocycles. The van der Waals surface area contributed by atoms with Crippen LogP contribution in [0.3, 0.4) is 0 Å². The van der Waals surface area contributed by atoms with Gasteiger partial charge in [0.05, 0.1) is 30.6 Å². The lowest BCUT2D eigenvalue weighted by molar-refractivity contribution is -0.0786. The second-order valence-corrected chi connectivity index (χ2v) is 5.86. The smallest absolute Gasteiger partial charge is 0.161 e. The molecule has 0 bridgehead atoms. The van der Waals surface area contributed by atoms with Crippen molar-refractivity contribution in [3.05, 3.63) is 11.9 Å². The van der Waals surface area contributed by atoms with E-state index in [2.05, 4.69) is 17.3 Å². The molecule has 1 aromatic rings. The summed E-state index contributed by atoms with van der Waals surface area (Å²) in [6.45, 7) is 2.82. The van der Waals surface area contributed by atoms with Gasteiger partial charge in [-0.2, -0.15) is 5.10 Å². The lowest BCUT2D eigenvalue weighted by Crippen LogP contribution is -2.46. The van der Waals surface area contributed by atoms with Crippen LogP contribution >= 0.6 is 0 Å². The monoisotopic (exact) mass is 295 g/mol. The fourth-order valence-corrected chi connectivity index (χ4v) is 3.69. The van der Waals surface area contributed by atoms with Gasteiger partial charge in [-0.25, -0.2) is 0 Å². The number of likely N-dealkylation sites (N-methyl/N-ethyl adjacent to an activating group) is 1. The van der Waals surface area contributed by atoms with Gasteiger partial charge in [0, 0.05) is 13.7 Å². The van der Waals surface area contributed by atoms with Gasteiger partial charge in [0.25, 0.3) is 0 Å². The number of nitrogens with one attached hydrogen (secondary N) is 1. The van der Waals surface area contributed by atoms with Gasteiger partial charge in [0.1, 0.15) is 0 Å². The van der Waals surface area contributed by atoms with E-state index in [4.69, 9.17) is 9.47 Å². The highest BCUT2D eigenvalue weighted by Gasteiger charge is 2.42. The van der Waals surface area contributed by atoms with Crippen molar-refractivity contribution in [1.82, 2.24) is 15.1 Å². The van der Waals surface area contributed by atoms with E-state index < -0.39 is 0 Å². The predicted octanol–water partition coefficient (Wildman–Crippen LogP) is 2.82. The van der Waals surface area contributed by atoms with E-state index in [1.54, 1.807) is 13.3 Å². The van der Waals surface area contributed by atoms with Crippen molar-refractivity contribution in [3.63, 3.8) is 0 Å². The van der Waals surface area contributed by atoms with E-state index in [0.717, 1.165) is 30.9 Å². The Morgan fingerprint density at radius 1 is 1.33 bits per heavy atom. The normalized spacial score (nSPS) is 20.0. The third-order valence-corrected chi connectivity index (χ3v) is 4.64. The van der Waals surface area contributed by atoms with Crippen LogP contribution in [0.5, 0.6) is 5.75 Å². The van der Waals surface area contributed by atoms with Gasteiger partial charge in [0.15, 0.2) is 5.75 Å². The fourth-order valence-electron chi connectivity index (χ4n) is 3.69. The molecular formula is C16H29N3O2. The highest BCUT2D eigenvalue weighted by molar-refractivity contribution is 5.30. The Morgan fingerprint density at radius 3 is 2.52 bits per heavy atom. The second-order valence-electron chi connectivity index (χ2n) is 5.86. The topological polar surface area (TPSA) is 48.3 Å². The van der Waals surface area contributed by atoms with E-state index in [1.165, 1.54) is 25.7 Å². The average molecular weight is 295 g/mol. The van der Waals surface area contributed by atoms with Crippen molar-refractivity contribution in [2.45, 2.75) is 57.1 Å². The molecule has 0 aliphatic heterocycles. The molecule has 5 heteroatoms. The quantitative estimate of drug-likeness (QED) is 0.820. The summed E-state index contributed by atoms with van der Waals surface area (Å²) in [4.78, 5) is 0. The van der Waals surface area contributed by atoms with E-state index in [1.807, 2.05) is 18.8 Å². The van der Waals surface area contributed by atoms with Gasteiger partial charge in [0.2, 0.25) is 0 Å². The maximum absolute atomic E-state index is 6.32. The summed E-state index contributed by atoms with van der Waals surface area (Å²) in [5.41, 5.74) is 0.913. The predicted molar refractivity (Wildman–Crippen MR) is 83.6 cm³/mol. The Morgan fingerprint density at radius 2 is 2.00 bits per heavy atom. The fraction of sp³-hybridized carbons (Fsp3) is 0.812. The first kappa shape index (κ1) is 16.3. The molecule has 1 aliphatic rings. The first-order valence-corrected chi connectivity index (χ1v) is 8.05.